The average molecular weight is 291 g/mol. The molecule has 1 N–H and O–H groups in total. The second kappa shape index (κ2) is 7.12. The van der Waals surface area contributed by atoms with Crippen LogP contribution >= 0.6 is 11.3 Å². The molecule has 6 heteroatoms. The Hall–Kier alpha value is -1.79. The molecule has 0 spiro atoms. The molecule has 20 heavy (non-hydrogen) atoms. The summed E-state index contributed by atoms with van der Waals surface area (Å²) in [6.45, 7) is 2.08. The lowest BCUT2D eigenvalue weighted by Crippen LogP contribution is -2.22. The van der Waals surface area contributed by atoms with E-state index in [4.69, 9.17) is 4.74 Å². The highest BCUT2D eigenvalue weighted by Gasteiger charge is 2.21. The smallest absolute Gasteiger partial charge is 0.259 e. The molecule has 1 amide bonds. The fourth-order valence-electron chi connectivity index (χ4n) is 1.81. The van der Waals surface area contributed by atoms with Crippen molar-refractivity contribution in [2.75, 3.05) is 12.4 Å². The number of carbonyl (C=O) groups is 1. The summed E-state index contributed by atoms with van der Waals surface area (Å²) in [5.41, 5.74) is 0.811. The van der Waals surface area contributed by atoms with Crippen molar-refractivity contribution in [2.24, 2.45) is 0 Å². The van der Waals surface area contributed by atoms with E-state index in [1.807, 2.05) is 30.3 Å². The van der Waals surface area contributed by atoms with Crippen LogP contribution in [0.25, 0.3) is 0 Å². The van der Waals surface area contributed by atoms with Crippen molar-refractivity contribution in [3.8, 4) is 0 Å². The molecular weight excluding hydrogens is 274 g/mol. The van der Waals surface area contributed by atoms with Crippen molar-refractivity contribution < 1.29 is 9.53 Å². The molecule has 2 aromatic rings. The minimum atomic E-state index is -0.644. The topological polar surface area (TPSA) is 64.1 Å². The number of aromatic nitrogens is 2. The Kier molecular flexibility index (Phi) is 5.20. The molecule has 0 aliphatic heterocycles. The standard InChI is InChI=1S/C14H17N3O2S/c1-3-7-11-16-17-14(20-11)15-13(18)12(19-2)10-8-5-4-6-9-10/h4-6,8-9,12H,3,7H2,1-2H3,(H,15,17,18)/t12-/m0/s1. The largest absolute Gasteiger partial charge is 0.367 e. The van der Waals surface area contributed by atoms with E-state index in [2.05, 4.69) is 22.4 Å². The van der Waals surface area contributed by atoms with Gasteiger partial charge in [-0.25, -0.2) is 0 Å². The molecule has 0 saturated carbocycles. The molecule has 0 radical (unpaired) electrons. The maximum Gasteiger partial charge on any atom is 0.259 e. The molecular formula is C14H17N3O2S. The highest BCUT2D eigenvalue weighted by Crippen LogP contribution is 2.21. The Bertz CT molecular complexity index is 557. The van der Waals surface area contributed by atoms with Crippen molar-refractivity contribution >= 4 is 22.4 Å². The number of methoxy groups -OCH3 is 1. The molecule has 1 aromatic carbocycles. The van der Waals surface area contributed by atoms with Crippen LogP contribution in [0.2, 0.25) is 0 Å². The SMILES string of the molecule is CCCc1nnc(NC(=O)[C@@H](OC)c2ccccc2)s1. The number of carbonyl (C=O) groups excluding carboxylic acids is 1. The van der Waals surface area contributed by atoms with Crippen molar-refractivity contribution in [3.05, 3.63) is 40.9 Å². The van der Waals surface area contributed by atoms with E-state index in [0.29, 0.717) is 5.13 Å². The molecule has 1 atom stereocenters. The Morgan fingerprint density at radius 3 is 2.75 bits per heavy atom. The van der Waals surface area contributed by atoms with E-state index in [0.717, 1.165) is 23.4 Å². The monoisotopic (exact) mass is 291 g/mol. The van der Waals surface area contributed by atoms with Gasteiger partial charge in [-0.2, -0.15) is 0 Å². The Labute approximate surface area is 122 Å². The van der Waals surface area contributed by atoms with Gasteiger partial charge in [-0.1, -0.05) is 48.6 Å². The van der Waals surface area contributed by atoms with Gasteiger partial charge < -0.3 is 4.74 Å². The van der Waals surface area contributed by atoms with Gasteiger partial charge in [-0.15, -0.1) is 10.2 Å². The van der Waals surface area contributed by atoms with E-state index < -0.39 is 6.10 Å². The van der Waals surface area contributed by atoms with Crippen molar-refractivity contribution in [1.29, 1.82) is 0 Å². The first kappa shape index (κ1) is 14.6. The summed E-state index contributed by atoms with van der Waals surface area (Å²) in [5, 5.41) is 12.2. The van der Waals surface area contributed by atoms with Crippen LogP contribution in [0.4, 0.5) is 5.13 Å². The first-order valence-corrected chi connectivity index (χ1v) is 7.27. The number of rotatable bonds is 6. The molecule has 0 bridgehead atoms. The Morgan fingerprint density at radius 2 is 2.10 bits per heavy atom. The second-order valence-electron chi connectivity index (χ2n) is 4.27. The van der Waals surface area contributed by atoms with Crippen LogP contribution < -0.4 is 5.32 Å². The molecule has 2 rings (SSSR count). The molecule has 5 nitrogen and oxygen atoms in total. The Balaban J connectivity index is 2.05. The predicted octanol–water partition coefficient (Wildman–Crippen LogP) is 2.82. The number of benzene rings is 1. The summed E-state index contributed by atoms with van der Waals surface area (Å²) >= 11 is 1.40. The van der Waals surface area contributed by atoms with Gasteiger partial charge in [0, 0.05) is 13.5 Å². The number of amides is 1. The molecule has 0 fully saturated rings. The van der Waals surface area contributed by atoms with Gasteiger partial charge in [0.25, 0.3) is 5.91 Å². The third-order valence-electron chi connectivity index (χ3n) is 2.74. The quantitative estimate of drug-likeness (QED) is 0.889. The van der Waals surface area contributed by atoms with Crippen LogP contribution in [0.1, 0.15) is 30.0 Å². The fourth-order valence-corrected chi connectivity index (χ4v) is 2.66. The highest BCUT2D eigenvalue weighted by molar-refractivity contribution is 7.15. The summed E-state index contributed by atoms with van der Waals surface area (Å²) in [6, 6.07) is 9.36. The van der Waals surface area contributed by atoms with Gasteiger partial charge in [-0.3, -0.25) is 10.1 Å². The van der Waals surface area contributed by atoms with Crippen LogP contribution in [0.15, 0.2) is 30.3 Å². The van der Waals surface area contributed by atoms with Gasteiger partial charge in [0.05, 0.1) is 0 Å². The zero-order valence-corrected chi connectivity index (χ0v) is 12.3. The van der Waals surface area contributed by atoms with Crippen LogP contribution in [0, 0.1) is 0 Å². The van der Waals surface area contributed by atoms with Crippen LogP contribution in [0.3, 0.4) is 0 Å². The number of ether oxygens (including phenoxy) is 1. The molecule has 0 aliphatic carbocycles. The number of nitrogens with one attached hydrogen (secondary N) is 1. The molecule has 106 valence electrons. The highest BCUT2D eigenvalue weighted by atomic mass is 32.1. The van der Waals surface area contributed by atoms with E-state index in [1.54, 1.807) is 0 Å². The number of aryl methyl sites for hydroxylation is 1. The van der Waals surface area contributed by atoms with E-state index >= 15 is 0 Å². The van der Waals surface area contributed by atoms with Gasteiger partial charge in [0.15, 0.2) is 6.10 Å². The second-order valence-corrected chi connectivity index (χ2v) is 5.33. The number of anilines is 1. The molecule has 0 aliphatic rings. The van der Waals surface area contributed by atoms with Crippen molar-refractivity contribution in [3.63, 3.8) is 0 Å². The van der Waals surface area contributed by atoms with Gasteiger partial charge in [0.1, 0.15) is 5.01 Å². The van der Waals surface area contributed by atoms with Crippen molar-refractivity contribution in [1.82, 2.24) is 10.2 Å². The third-order valence-corrected chi connectivity index (χ3v) is 3.64. The summed E-state index contributed by atoms with van der Waals surface area (Å²) in [7, 11) is 1.51. The maximum atomic E-state index is 12.2. The van der Waals surface area contributed by atoms with E-state index in [9.17, 15) is 4.79 Å². The molecule has 1 heterocycles. The molecule has 0 unspecified atom stereocenters. The first-order chi connectivity index (χ1) is 9.74. The lowest BCUT2D eigenvalue weighted by molar-refractivity contribution is -0.126. The zero-order valence-electron chi connectivity index (χ0n) is 11.5. The summed E-state index contributed by atoms with van der Waals surface area (Å²) in [4.78, 5) is 12.2. The number of nitrogens with zero attached hydrogens (tertiary/aromatic N) is 2. The summed E-state index contributed by atoms with van der Waals surface area (Å²) < 4.78 is 5.27. The predicted molar refractivity (Wildman–Crippen MR) is 78.7 cm³/mol. The van der Waals surface area contributed by atoms with Crippen molar-refractivity contribution in [2.45, 2.75) is 25.9 Å². The normalized spacial score (nSPS) is 12.1. The van der Waals surface area contributed by atoms with Crippen LogP contribution in [-0.4, -0.2) is 23.2 Å². The van der Waals surface area contributed by atoms with Gasteiger partial charge in [-0.05, 0) is 12.0 Å². The number of hydrogen-bond donors (Lipinski definition) is 1. The van der Waals surface area contributed by atoms with E-state index in [-0.39, 0.29) is 5.91 Å². The molecule has 0 saturated heterocycles. The molecule has 1 aromatic heterocycles. The first-order valence-electron chi connectivity index (χ1n) is 6.45. The van der Waals surface area contributed by atoms with Crippen LogP contribution in [-0.2, 0) is 16.0 Å². The maximum absolute atomic E-state index is 12.2. The van der Waals surface area contributed by atoms with Gasteiger partial charge >= 0.3 is 0 Å². The zero-order chi connectivity index (χ0) is 14.4. The lowest BCUT2D eigenvalue weighted by atomic mass is 10.1. The van der Waals surface area contributed by atoms with E-state index in [1.165, 1.54) is 18.4 Å². The minimum absolute atomic E-state index is 0.238. The lowest BCUT2D eigenvalue weighted by Gasteiger charge is -2.14. The average Bonchev–Trinajstić information content (AvgIpc) is 2.88. The fraction of sp³-hybridized carbons (Fsp3) is 0.357. The summed E-state index contributed by atoms with van der Waals surface area (Å²) in [6.07, 6.45) is 1.24. The Morgan fingerprint density at radius 1 is 1.35 bits per heavy atom. The van der Waals surface area contributed by atoms with Crippen LogP contribution in [0.5, 0.6) is 0 Å². The minimum Gasteiger partial charge on any atom is -0.367 e. The summed E-state index contributed by atoms with van der Waals surface area (Å²) in [5.74, 6) is -0.238. The third kappa shape index (κ3) is 3.61. The van der Waals surface area contributed by atoms with Gasteiger partial charge in [0.2, 0.25) is 5.13 Å². The number of hydrogen-bond acceptors (Lipinski definition) is 5.